The van der Waals surface area contributed by atoms with Gasteiger partial charge in [0.2, 0.25) is 5.91 Å². The molecule has 6 atom stereocenters. The molecule has 0 aliphatic heterocycles. The number of aliphatic hydroxyl groups is 1. The molecule has 12 heteroatoms. The zero-order chi connectivity index (χ0) is 32.5. The van der Waals surface area contributed by atoms with Gasteiger partial charge in [-0.1, -0.05) is 18.2 Å². The van der Waals surface area contributed by atoms with Crippen molar-refractivity contribution in [2.75, 3.05) is 19.4 Å². The van der Waals surface area contributed by atoms with Crippen molar-refractivity contribution in [3.63, 3.8) is 0 Å². The molecule has 2 unspecified atom stereocenters. The van der Waals surface area contributed by atoms with E-state index in [-0.39, 0.29) is 24.2 Å². The quantitative estimate of drug-likeness (QED) is 0.374. The van der Waals surface area contributed by atoms with Gasteiger partial charge >= 0.3 is 6.09 Å². The first kappa shape index (κ1) is 31.0. The standard InChI is InChI=1S/C32H35N3O9/c1-31(2,3)44-30(42)34-16-8-6-14(7-9-16)17-10-11-20(36)22-18(17)12-15-13-19-24(35(4)5)26(38)23(29(33)41)28(40)32(19,43)27(39)21(15)25(22)37/h6-11,15,19,21,23-24,36,43H,12-13H2,1-5H3,(H2,33,41)(H,34,42)/t15-,19-,21?,23?,24-,32-/m1/s1. The number of benzene rings is 2. The molecule has 12 nitrogen and oxygen atoms in total. The number of likely N-dealkylation sites (N-methyl/N-ethyl adjacent to an activating group) is 1. The minimum atomic E-state index is -2.78. The summed E-state index contributed by atoms with van der Waals surface area (Å²) in [7, 11) is 3.07. The molecule has 232 valence electrons. The van der Waals surface area contributed by atoms with Crippen molar-refractivity contribution in [2.45, 2.75) is 50.9 Å². The molecule has 2 amide bonds. The summed E-state index contributed by atoms with van der Waals surface area (Å²) >= 11 is 0. The maximum atomic E-state index is 14.0. The second-order valence-electron chi connectivity index (χ2n) is 13.0. The number of phenols is 1. The Kier molecular flexibility index (Phi) is 7.50. The number of amides is 2. The Morgan fingerprint density at radius 3 is 2.23 bits per heavy atom. The molecule has 2 aromatic carbocycles. The summed E-state index contributed by atoms with van der Waals surface area (Å²) < 4.78 is 5.28. The van der Waals surface area contributed by atoms with Gasteiger partial charge in [-0.3, -0.25) is 34.2 Å². The molecule has 3 aliphatic rings. The number of ketones is 4. The van der Waals surface area contributed by atoms with Crippen LogP contribution in [0.5, 0.6) is 5.75 Å². The van der Waals surface area contributed by atoms with E-state index in [0.717, 1.165) is 0 Å². The van der Waals surface area contributed by atoms with Crippen LogP contribution in [0, 0.1) is 23.7 Å². The lowest BCUT2D eigenvalue weighted by Crippen LogP contribution is -2.74. The molecule has 44 heavy (non-hydrogen) atoms. The monoisotopic (exact) mass is 605 g/mol. The predicted octanol–water partition coefficient (Wildman–Crippen LogP) is 1.88. The van der Waals surface area contributed by atoms with Crippen LogP contribution in [-0.4, -0.2) is 81.6 Å². The van der Waals surface area contributed by atoms with Gasteiger partial charge in [0.25, 0.3) is 0 Å². The normalized spacial score (nSPS) is 28.2. The molecule has 3 aliphatic carbocycles. The molecule has 2 aromatic rings. The molecule has 0 saturated heterocycles. The number of nitrogens with zero attached hydrogens (tertiary/aromatic N) is 1. The van der Waals surface area contributed by atoms with Crippen LogP contribution in [0.1, 0.15) is 43.1 Å². The summed E-state index contributed by atoms with van der Waals surface area (Å²) in [6.07, 6.45) is -0.533. The second kappa shape index (κ2) is 10.6. The van der Waals surface area contributed by atoms with E-state index in [1.54, 1.807) is 51.1 Å². The Morgan fingerprint density at radius 2 is 1.66 bits per heavy atom. The number of carbonyl (C=O) groups excluding carboxylic acids is 6. The lowest BCUT2D eigenvalue weighted by Gasteiger charge is -2.52. The lowest BCUT2D eigenvalue weighted by molar-refractivity contribution is -0.181. The Morgan fingerprint density at radius 1 is 1.02 bits per heavy atom. The summed E-state index contributed by atoms with van der Waals surface area (Å²) in [5, 5.41) is 25.1. The highest BCUT2D eigenvalue weighted by molar-refractivity contribution is 6.32. The van der Waals surface area contributed by atoms with Crippen LogP contribution in [0.2, 0.25) is 0 Å². The van der Waals surface area contributed by atoms with E-state index >= 15 is 0 Å². The Balaban J connectivity index is 1.53. The van der Waals surface area contributed by atoms with Gasteiger partial charge < -0.3 is 20.7 Å². The van der Waals surface area contributed by atoms with Gasteiger partial charge in [0.1, 0.15) is 11.4 Å². The zero-order valence-corrected chi connectivity index (χ0v) is 25.0. The predicted molar refractivity (Wildman–Crippen MR) is 157 cm³/mol. The average molecular weight is 606 g/mol. The number of aromatic hydroxyl groups is 1. The fourth-order valence-corrected chi connectivity index (χ4v) is 7.03. The van der Waals surface area contributed by atoms with E-state index in [9.17, 15) is 39.0 Å². The topological polar surface area (TPSA) is 193 Å². The third-order valence-corrected chi connectivity index (χ3v) is 8.79. The van der Waals surface area contributed by atoms with Gasteiger partial charge in [0, 0.05) is 11.6 Å². The van der Waals surface area contributed by atoms with Crippen molar-refractivity contribution in [3.8, 4) is 16.9 Å². The summed E-state index contributed by atoms with van der Waals surface area (Å²) in [6, 6.07) is 8.58. The first-order chi connectivity index (χ1) is 20.5. The molecule has 0 radical (unpaired) electrons. The lowest BCUT2D eigenvalue weighted by atomic mass is 9.52. The van der Waals surface area contributed by atoms with E-state index in [1.165, 1.54) is 25.1 Å². The number of phenolic OH excluding ortho intramolecular Hbond substituents is 1. The number of Topliss-reactive ketones (excluding diaryl/α,β-unsaturated/α-hetero) is 4. The first-order valence-corrected chi connectivity index (χ1v) is 14.3. The van der Waals surface area contributed by atoms with E-state index in [0.29, 0.717) is 22.4 Å². The Hall–Kier alpha value is -4.42. The molecule has 2 fully saturated rings. The minimum Gasteiger partial charge on any atom is -0.507 e. The number of ether oxygens (including phenoxy) is 1. The van der Waals surface area contributed by atoms with Crippen molar-refractivity contribution < 1.29 is 43.7 Å². The Labute approximate surface area is 253 Å². The maximum absolute atomic E-state index is 14.0. The van der Waals surface area contributed by atoms with Crippen molar-refractivity contribution in [1.29, 1.82) is 0 Å². The molecular weight excluding hydrogens is 570 g/mol. The van der Waals surface area contributed by atoms with Gasteiger partial charge in [-0.2, -0.15) is 0 Å². The van der Waals surface area contributed by atoms with E-state index in [1.807, 2.05) is 0 Å². The highest BCUT2D eigenvalue weighted by atomic mass is 16.6. The number of anilines is 1. The Bertz CT molecular complexity index is 1610. The molecule has 0 aromatic heterocycles. The molecule has 2 saturated carbocycles. The molecule has 5 rings (SSSR count). The number of primary amides is 1. The van der Waals surface area contributed by atoms with Gasteiger partial charge in [0.05, 0.1) is 17.5 Å². The van der Waals surface area contributed by atoms with Crippen LogP contribution in [0.3, 0.4) is 0 Å². The summed E-state index contributed by atoms with van der Waals surface area (Å²) in [5.74, 6) is -11.0. The fourth-order valence-electron chi connectivity index (χ4n) is 7.03. The van der Waals surface area contributed by atoms with Crippen LogP contribution in [-0.2, 0) is 30.3 Å². The molecule has 0 spiro atoms. The number of hydrogen-bond acceptors (Lipinski definition) is 10. The molecule has 0 bridgehead atoms. The number of fused-ring (bicyclic) bond motifs is 3. The van der Waals surface area contributed by atoms with Crippen molar-refractivity contribution in [1.82, 2.24) is 4.90 Å². The van der Waals surface area contributed by atoms with Gasteiger partial charge in [0.15, 0.2) is 34.7 Å². The highest BCUT2D eigenvalue weighted by Crippen LogP contribution is 2.51. The summed E-state index contributed by atoms with van der Waals surface area (Å²) in [6.45, 7) is 5.25. The number of hydrogen-bond donors (Lipinski definition) is 4. The molecule has 5 N–H and O–H groups in total. The van der Waals surface area contributed by atoms with Crippen LogP contribution >= 0.6 is 0 Å². The minimum absolute atomic E-state index is 0.0439. The second-order valence-corrected chi connectivity index (χ2v) is 13.0. The van der Waals surface area contributed by atoms with E-state index in [4.69, 9.17) is 10.5 Å². The smallest absolute Gasteiger partial charge is 0.412 e. The van der Waals surface area contributed by atoms with E-state index < -0.39 is 76.0 Å². The van der Waals surface area contributed by atoms with Gasteiger partial charge in [-0.05, 0) is 88.5 Å². The van der Waals surface area contributed by atoms with Crippen LogP contribution in [0.25, 0.3) is 11.1 Å². The van der Waals surface area contributed by atoms with Crippen LogP contribution in [0.4, 0.5) is 10.5 Å². The summed E-state index contributed by atoms with van der Waals surface area (Å²) in [5.41, 5.74) is 4.04. The number of carbonyl (C=O) groups is 6. The van der Waals surface area contributed by atoms with Crippen LogP contribution in [0.15, 0.2) is 36.4 Å². The third kappa shape index (κ3) is 4.87. The highest BCUT2D eigenvalue weighted by Gasteiger charge is 2.69. The van der Waals surface area contributed by atoms with Crippen molar-refractivity contribution in [3.05, 3.63) is 47.5 Å². The largest absolute Gasteiger partial charge is 0.507 e. The number of nitrogens with two attached hydrogens (primary N) is 1. The van der Waals surface area contributed by atoms with Gasteiger partial charge in [-0.15, -0.1) is 0 Å². The number of rotatable bonds is 4. The fraction of sp³-hybridized carbons (Fsp3) is 0.438. The van der Waals surface area contributed by atoms with Gasteiger partial charge in [-0.25, -0.2) is 4.79 Å². The van der Waals surface area contributed by atoms with Crippen LogP contribution < -0.4 is 11.1 Å². The molecular formula is C32H35N3O9. The van der Waals surface area contributed by atoms with Crippen molar-refractivity contribution >= 4 is 40.8 Å². The third-order valence-electron chi connectivity index (χ3n) is 8.79. The maximum Gasteiger partial charge on any atom is 0.412 e. The number of nitrogens with one attached hydrogen (secondary N) is 1. The SMILES string of the molecule is CN(C)[C@H]1C(=O)C(C(N)=O)C(=O)[C@]2(O)C(=O)C3C(=O)c4c(O)ccc(-c5ccc(NC(=O)OC(C)(C)C)cc5)c4C[C@@H]3C[C@H]12. The summed E-state index contributed by atoms with van der Waals surface area (Å²) in [4.78, 5) is 80.3. The van der Waals surface area contributed by atoms with Crippen molar-refractivity contribution in [2.24, 2.45) is 29.4 Å². The van der Waals surface area contributed by atoms with E-state index in [2.05, 4.69) is 5.32 Å². The molecule has 0 heterocycles. The zero-order valence-electron chi connectivity index (χ0n) is 25.0. The average Bonchev–Trinajstić information content (AvgIpc) is 2.90. The first-order valence-electron chi connectivity index (χ1n) is 14.3.